The van der Waals surface area contributed by atoms with Gasteiger partial charge in [0.25, 0.3) is 0 Å². The van der Waals surface area contributed by atoms with Gasteiger partial charge >= 0.3 is 12.5 Å². The van der Waals surface area contributed by atoms with E-state index >= 15 is 0 Å². The topological polar surface area (TPSA) is 50.8 Å². The van der Waals surface area contributed by atoms with Crippen LogP contribution in [0.3, 0.4) is 0 Å². The second-order valence-corrected chi connectivity index (χ2v) is 5.20. The van der Waals surface area contributed by atoms with Crippen molar-refractivity contribution in [1.82, 2.24) is 5.01 Å². The number of rotatable bonds is 5. The third kappa shape index (κ3) is 7.18. The van der Waals surface area contributed by atoms with Gasteiger partial charge in [-0.05, 0) is 43.7 Å². The van der Waals surface area contributed by atoms with E-state index < -0.39 is 24.8 Å². The average molecular weight is 381 g/mol. The number of aliphatic imine (C=N–C) groups is 1. The summed E-state index contributed by atoms with van der Waals surface area (Å²) < 4.78 is 77.9. The summed E-state index contributed by atoms with van der Waals surface area (Å²) in [4.78, 5) is 4.07. The molecule has 0 bridgehead atoms. The lowest BCUT2D eigenvalue weighted by atomic mass is 10.1. The molecule has 4 nitrogen and oxygen atoms in total. The minimum atomic E-state index is -4.83. The second-order valence-electron chi connectivity index (χ2n) is 5.20. The van der Waals surface area contributed by atoms with E-state index in [1.165, 1.54) is 25.1 Å². The van der Waals surface area contributed by atoms with Crippen molar-refractivity contribution in [3.05, 3.63) is 48.1 Å². The van der Waals surface area contributed by atoms with Gasteiger partial charge in [-0.2, -0.15) is 13.2 Å². The molecule has 0 atom stereocenters. The van der Waals surface area contributed by atoms with Crippen LogP contribution in [-0.4, -0.2) is 29.9 Å². The van der Waals surface area contributed by atoms with Crippen LogP contribution in [0.25, 0.3) is 5.70 Å². The first kappa shape index (κ1) is 21.6. The lowest BCUT2D eigenvalue weighted by Gasteiger charge is -2.22. The molecule has 0 spiro atoms. The third-order valence-corrected chi connectivity index (χ3v) is 2.89. The van der Waals surface area contributed by atoms with Crippen LogP contribution in [-0.2, 0) is 0 Å². The van der Waals surface area contributed by atoms with Crippen molar-refractivity contribution in [1.29, 1.82) is 0 Å². The fourth-order valence-electron chi connectivity index (χ4n) is 1.91. The number of alkyl halides is 6. The number of halogens is 6. The molecule has 0 unspecified atom stereocenters. The Hall–Kier alpha value is -2.49. The highest BCUT2D eigenvalue weighted by molar-refractivity contribution is 6.00. The standard InChI is InChI=1S/C16H17F6N3O/c1-4-13(11-5-7-12(8-6-11)26-16(20,21)22)24-14(10(2)3)25(23)9-15(17,18)19/h4-8H,2,9,23H2,1,3H3/b13-4-,24-14?. The van der Waals surface area contributed by atoms with Crippen molar-refractivity contribution in [2.75, 3.05) is 6.54 Å². The molecule has 0 aliphatic rings. The van der Waals surface area contributed by atoms with Gasteiger partial charge in [-0.15, -0.1) is 13.2 Å². The van der Waals surface area contributed by atoms with Crippen LogP contribution in [0.5, 0.6) is 5.75 Å². The van der Waals surface area contributed by atoms with Gasteiger partial charge in [0, 0.05) is 5.56 Å². The number of ether oxygens (including phenoxy) is 1. The Morgan fingerprint density at radius 3 is 2.12 bits per heavy atom. The number of nitrogens with zero attached hydrogens (tertiary/aromatic N) is 2. The summed E-state index contributed by atoms with van der Waals surface area (Å²) in [5.74, 6) is 4.79. The number of hydrazine groups is 1. The minimum absolute atomic E-state index is 0.188. The molecular weight excluding hydrogens is 364 g/mol. The summed E-state index contributed by atoms with van der Waals surface area (Å²) >= 11 is 0. The van der Waals surface area contributed by atoms with Gasteiger partial charge < -0.3 is 4.74 Å². The second kappa shape index (κ2) is 8.26. The molecule has 0 saturated carbocycles. The van der Waals surface area contributed by atoms with Crippen LogP contribution < -0.4 is 10.6 Å². The summed E-state index contributed by atoms with van der Waals surface area (Å²) in [6, 6.07) is 4.72. The molecule has 0 aliphatic heterocycles. The van der Waals surface area contributed by atoms with E-state index in [4.69, 9.17) is 5.84 Å². The Labute approximate surface area is 146 Å². The number of amidine groups is 1. The molecular formula is C16H17F6N3O. The number of allylic oxidation sites excluding steroid dienone is 1. The van der Waals surface area contributed by atoms with Crippen LogP contribution in [0.2, 0.25) is 0 Å². The fourth-order valence-corrected chi connectivity index (χ4v) is 1.91. The Morgan fingerprint density at radius 2 is 1.73 bits per heavy atom. The highest BCUT2D eigenvalue weighted by Gasteiger charge is 2.32. The first-order valence-corrected chi connectivity index (χ1v) is 7.18. The molecule has 0 fully saturated rings. The van der Waals surface area contributed by atoms with Gasteiger partial charge in [0.15, 0.2) is 0 Å². The molecule has 144 valence electrons. The molecule has 2 N–H and O–H groups in total. The molecule has 0 heterocycles. The van der Waals surface area contributed by atoms with Gasteiger partial charge in [-0.1, -0.05) is 12.7 Å². The normalized spacial score (nSPS) is 13.6. The van der Waals surface area contributed by atoms with E-state index in [-0.39, 0.29) is 17.1 Å². The number of benzene rings is 1. The lowest BCUT2D eigenvalue weighted by molar-refractivity contribution is -0.274. The predicted octanol–water partition coefficient (Wildman–Crippen LogP) is 4.66. The number of nitrogens with two attached hydrogens (primary N) is 1. The monoisotopic (exact) mass is 381 g/mol. The Balaban J connectivity index is 3.12. The van der Waals surface area contributed by atoms with Gasteiger partial charge in [-0.25, -0.2) is 10.8 Å². The minimum Gasteiger partial charge on any atom is -0.406 e. The third-order valence-electron chi connectivity index (χ3n) is 2.89. The van der Waals surface area contributed by atoms with Gasteiger partial charge in [0.05, 0.1) is 5.70 Å². The van der Waals surface area contributed by atoms with Crippen molar-refractivity contribution >= 4 is 11.5 Å². The zero-order valence-electron chi connectivity index (χ0n) is 13.9. The van der Waals surface area contributed by atoms with E-state index in [0.717, 1.165) is 12.1 Å². The van der Waals surface area contributed by atoms with Crippen molar-refractivity contribution in [2.24, 2.45) is 10.8 Å². The van der Waals surface area contributed by atoms with Gasteiger partial charge in [0.1, 0.15) is 18.1 Å². The smallest absolute Gasteiger partial charge is 0.406 e. The van der Waals surface area contributed by atoms with Crippen LogP contribution in [0.4, 0.5) is 26.3 Å². The maximum Gasteiger partial charge on any atom is 0.573 e. The quantitative estimate of drug-likeness (QED) is 0.265. The molecule has 1 rings (SSSR count). The molecule has 0 amide bonds. The largest absolute Gasteiger partial charge is 0.573 e. The SMILES string of the molecule is C=C(C)C(=N/C(=C\C)c1ccc(OC(F)(F)F)cc1)N(N)CC(F)(F)F. The van der Waals surface area contributed by atoms with E-state index in [1.54, 1.807) is 6.92 Å². The van der Waals surface area contributed by atoms with Crippen molar-refractivity contribution in [3.8, 4) is 5.75 Å². The molecule has 1 aromatic carbocycles. The molecule has 0 radical (unpaired) electrons. The summed E-state index contributed by atoms with van der Waals surface area (Å²) in [6.45, 7) is 5.12. The van der Waals surface area contributed by atoms with E-state index in [2.05, 4.69) is 16.3 Å². The fraction of sp³-hybridized carbons (Fsp3) is 0.312. The van der Waals surface area contributed by atoms with E-state index in [1.807, 2.05) is 0 Å². The van der Waals surface area contributed by atoms with E-state index in [9.17, 15) is 26.3 Å². The first-order chi connectivity index (χ1) is 11.8. The summed E-state index contributed by atoms with van der Waals surface area (Å²) in [7, 11) is 0. The summed E-state index contributed by atoms with van der Waals surface area (Å²) in [5.41, 5.74) is 0.758. The average Bonchev–Trinajstić information content (AvgIpc) is 2.45. The zero-order valence-corrected chi connectivity index (χ0v) is 13.9. The molecule has 10 heteroatoms. The highest BCUT2D eigenvalue weighted by atomic mass is 19.4. The Morgan fingerprint density at radius 1 is 1.19 bits per heavy atom. The van der Waals surface area contributed by atoms with Crippen LogP contribution >= 0.6 is 0 Å². The molecule has 26 heavy (non-hydrogen) atoms. The van der Waals surface area contributed by atoms with Gasteiger partial charge in [0.2, 0.25) is 0 Å². The maximum absolute atomic E-state index is 12.5. The molecule has 0 aromatic heterocycles. The molecule has 0 aliphatic carbocycles. The predicted molar refractivity (Wildman–Crippen MR) is 86.0 cm³/mol. The van der Waals surface area contributed by atoms with Crippen LogP contribution in [0.1, 0.15) is 19.4 Å². The number of hydrogen-bond acceptors (Lipinski definition) is 3. The lowest BCUT2D eigenvalue weighted by Crippen LogP contribution is -2.44. The zero-order chi connectivity index (χ0) is 20.1. The summed E-state index contributed by atoms with van der Waals surface area (Å²) in [6.07, 6.45) is -7.89. The first-order valence-electron chi connectivity index (χ1n) is 7.18. The molecule has 0 saturated heterocycles. The van der Waals surface area contributed by atoms with Crippen LogP contribution in [0, 0.1) is 0 Å². The maximum atomic E-state index is 12.5. The van der Waals surface area contributed by atoms with Crippen LogP contribution in [0.15, 0.2) is 47.5 Å². The Kier molecular flexibility index (Phi) is 6.85. The van der Waals surface area contributed by atoms with E-state index in [0.29, 0.717) is 10.6 Å². The summed E-state index contributed by atoms with van der Waals surface area (Å²) in [5, 5.41) is 0.410. The van der Waals surface area contributed by atoms with Crippen molar-refractivity contribution < 1.29 is 31.1 Å². The van der Waals surface area contributed by atoms with Crippen molar-refractivity contribution in [2.45, 2.75) is 26.4 Å². The highest BCUT2D eigenvalue weighted by Crippen LogP contribution is 2.26. The van der Waals surface area contributed by atoms with Crippen molar-refractivity contribution in [3.63, 3.8) is 0 Å². The number of hydrogen-bond donors (Lipinski definition) is 1. The Bertz CT molecular complexity index is 689. The van der Waals surface area contributed by atoms with Gasteiger partial charge in [-0.3, -0.25) is 5.01 Å². The molecule has 1 aromatic rings.